The maximum absolute atomic E-state index is 13.1. The molecule has 0 unspecified atom stereocenters. The summed E-state index contributed by atoms with van der Waals surface area (Å²) in [6.07, 6.45) is -3.77. The van der Waals surface area contributed by atoms with E-state index in [1.54, 1.807) is 6.07 Å². The second-order valence-electron chi connectivity index (χ2n) is 8.38. The molecule has 2 N–H and O–H groups in total. The summed E-state index contributed by atoms with van der Waals surface area (Å²) in [6.45, 7) is 2.32. The molecule has 5 rings (SSSR count). The molecule has 0 amide bonds. The Morgan fingerprint density at radius 3 is 2.32 bits per heavy atom. The number of esters is 1. The zero-order chi connectivity index (χ0) is 26.2. The number of aromatic nitrogens is 2. The highest BCUT2D eigenvalue weighted by Gasteiger charge is 2.42. The van der Waals surface area contributed by atoms with Crippen LogP contribution in [0.5, 0.6) is 5.88 Å². The molecule has 0 aliphatic heterocycles. The first-order chi connectivity index (χ1) is 17.8. The van der Waals surface area contributed by atoms with E-state index in [4.69, 9.17) is 15.5 Å². The minimum Gasteiger partial charge on any atom is -0.400 e. The van der Waals surface area contributed by atoms with Gasteiger partial charge in [-0.05, 0) is 46.0 Å². The number of pyridine rings is 2. The molecular formula is C28H20F3N3O2S. The van der Waals surface area contributed by atoms with E-state index in [9.17, 15) is 18.0 Å². The van der Waals surface area contributed by atoms with Crippen LogP contribution in [0.3, 0.4) is 0 Å². The molecule has 0 saturated heterocycles. The number of thiophene rings is 1. The lowest BCUT2D eigenvalue weighted by Gasteiger charge is -2.16. The van der Waals surface area contributed by atoms with Crippen LogP contribution >= 0.6 is 11.3 Å². The van der Waals surface area contributed by atoms with Gasteiger partial charge in [0.15, 0.2) is 0 Å². The first-order valence-corrected chi connectivity index (χ1v) is 12.2. The Morgan fingerprint density at radius 2 is 1.70 bits per heavy atom. The van der Waals surface area contributed by atoms with E-state index in [0.29, 0.717) is 28.9 Å². The fraction of sp³-hybridized carbons (Fsp3) is 0.107. The Bertz CT molecular complexity index is 1600. The van der Waals surface area contributed by atoms with Crippen LogP contribution in [0.4, 0.5) is 13.2 Å². The normalized spacial score (nSPS) is 11.6. The molecule has 5 nitrogen and oxygen atoms in total. The highest BCUT2D eigenvalue weighted by molar-refractivity contribution is 7.08. The number of aryl methyl sites for hydroxylation is 1. The van der Waals surface area contributed by atoms with Gasteiger partial charge in [-0.2, -0.15) is 24.5 Å². The van der Waals surface area contributed by atoms with Crippen LogP contribution in [0, 0.1) is 6.92 Å². The minimum absolute atomic E-state index is 0.196. The van der Waals surface area contributed by atoms with Gasteiger partial charge >= 0.3 is 12.1 Å². The predicted octanol–water partition coefficient (Wildman–Crippen LogP) is 6.93. The molecule has 2 aromatic carbocycles. The van der Waals surface area contributed by atoms with Crippen molar-refractivity contribution >= 4 is 28.2 Å². The largest absolute Gasteiger partial charge is 0.491 e. The Labute approximate surface area is 214 Å². The Morgan fingerprint density at radius 1 is 0.973 bits per heavy atom. The number of halogens is 3. The summed E-state index contributed by atoms with van der Waals surface area (Å²) in [7, 11) is 0. The van der Waals surface area contributed by atoms with E-state index in [-0.39, 0.29) is 5.39 Å². The average Bonchev–Trinajstić information content (AvgIpc) is 3.33. The number of nitrogens with two attached hydrogens (primary N) is 1. The molecule has 186 valence electrons. The summed E-state index contributed by atoms with van der Waals surface area (Å²) in [6, 6.07) is 18.6. The minimum atomic E-state index is -5.17. The van der Waals surface area contributed by atoms with Crippen molar-refractivity contribution in [3.8, 4) is 39.4 Å². The average molecular weight is 520 g/mol. The molecule has 0 aliphatic carbocycles. The highest BCUT2D eigenvalue weighted by Crippen LogP contribution is 2.40. The maximum Gasteiger partial charge on any atom is 0.491 e. The van der Waals surface area contributed by atoms with Crippen molar-refractivity contribution in [3.63, 3.8) is 0 Å². The van der Waals surface area contributed by atoms with Gasteiger partial charge in [-0.15, -0.1) is 0 Å². The summed E-state index contributed by atoms with van der Waals surface area (Å²) in [5.74, 6) is -2.80. The van der Waals surface area contributed by atoms with Crippen LogP contribution in [-0.4, -0.2) is 22.1 Å². The number of benzene rings is 2. The van der Waals surface area contributed by atoms with Gasteiger partial charge in [-0.3, -0.25) is 0 Å². The number of rotatable bonds is 5. The first-order valence-electron chi connectivity index (χ1n) is 11.3. The van der Waals surface area contributed by atoms with E-state index in [1.807, 2.05) is 72.3 Å². The fourth-order valence-corrected chi connectivity index (χ4v) is 4.90. The predicted molar refractivity (Wildman–Crippen MR) is 138 cm³/mol. The third kappa shape index (κ3) is 4.83. The van der Waals surface area contributed by atoms with Crippen molar-refractivity contribution in [3.05, 3.63) is 88.7 Å². The fourth-order valence-electron chi connectivity index (χ4n) is 4.05. The summed E-state index contributed by atoms with van der Waals surface area (Å²) in [5, 5.41) is 4.08. The van der Waals surface area contributed by atoms with Crippen LogP contribution in [-0.2, 0) is 11.3 Å². The van der Waals surface area contributed by atoms with Gasteiger partial charge < -0.3 is 10.5 Å². The van der Waals surface area contributed by atoms with E-state index in [0.717, 1.165) is 27.8 Å². The number of hydrogen-bond acceptors (Lipinski definition) is 6. The molecule has 0 atom stereocenters. The van der Waals surface area contributed by atoms with Crippen molar-refractivity contribution in [1.29, 1.82) is 0 Å². The van der Waals surface area contributed by atoms with Crippen LogP contribution < -0.4 is 10.5 Å². The lowest BCUT2D eigenvalue weighted by Crippen LogP contribution is -2.28. The lowest BCUT2D eigenvalue weighted by molar-refractivity contribution is -0.189. The smallest absolute Gasteiger partial charge is 0.400 e. The van der Waals surface area contributed by atoms with Crippen molar-refractivity contribution in [1.82, 2.24) is 9.97 Å². The second kappa shape index (κ2) is 9.76. The lowest BCUT2D eigenvalue weighted by atomic mass is 9.95. The van der Waals surface area contributed by atoms with Crippen LogP contribution in [0.25, 0.3) is 44.4 Å². The van der Waals surface area contributed by atoms with E-state index < -0.39 is 18.0 Å². The Kier molecular flexibility index (Phi) is 6.49. The first kappa shape index (κ1) is 24.6. The third-order valence-electron chi connectivity index (χ3n) is 5.93. The molecule has 0 fully saturated rings. The molecule has 0 bridgehead atoms. The van der Waals surface area contributed by atoms with Gasteiger partial charge in [0.1, 0.15) is 0 Å². The molecule has 0 aliphatic rings. The number of carbonyl (C=O) groups is 1. The van der Waals surface area contributed by atoms with Crippen molar-refractivity contribution < 1.29 is 22.7 Å². The molecule has 3 heterocycles. The molecular weight excluding hydrogens is 499 g/mol. The Balaban J connectivity index is 1.83. The van der Waals surface area contributed by atoms with E-state index in [2.05, 4.69) is 4.98 Å². The van der Waals surface area contributed by atoms with Gasteiger partial charge in [-0.25, -0.2) is 14.8 Å². The molecule has 0 spiro atoms. The van der Waals surface area contributed by atoms with Gasteiger partial charge in [0.25, 0.3) is 0 Å². The van der Waals surface area contributed by atoms with Gasteiger partial charge in [-0.1, -0.05) is 54.6 Å². The van der Waals surface area contributed by atoms with Crippen molar-refractivity contribution in [2.75, 3.05) is 0 Å². The summed E-state index contributed by atoms with van der Waals surface area (Å²) < 4.78 is 43.9. The third-order valence-corrected chi connectivity index (χ3v) is 6.79. The molecule has 0 radical (unpaired) electrons. The number of carbonyl (C=O) groups excluding carboxylic acids is 1. The SMILES string of the molecule is Cc1cscc1-c1cnc(OC(=O)C(F)(F)F)c2cc(-c3ccccc3)c(-c3ccc(CN)cc3)nc12. The number of hydrogen-bond donors (Lipinski definition) is 1. The van der Waals surface area contributed by atoms with Crippen molar-refractivity contribution in [2.24, 2.45) is 5.73 Å². The van der Waals surface area contributed by atoms with E-state index in [1.165, 1.54) is 17.5 Å². The van der Waals surface area contributed by atoms with Crippen molar-refractivity contribution in [2.45, 2.75) is 19.6 Å². The van der Waals surface area contributed by atoms with Crippen LogP contribution in [0.15, 0.2) is 77.6 Å². The van der Waals surface area contributed by atoms with Gasteiger partial charge in [0, 0.05) is 29.4 Å². The molecule has 37 heavy (non-hydrogen) atoms. The summed E-state index contributed by atoms with van der Waals surface area (Å²) in [4.78, 5) is 20.8. The zero-order valence-corrected chi connectivity index (χ0v) is 20.4. The standard InChI is InChI=1S/C28H20F3N3O2S/c1-16-14-37-15-23(16)22-13-33-26(36-27(35)28(29,30)31)21-11-20(18-5-3-2-4-6-18)24(34-25(21)22)19-9-7-17(12-32)8-10-19/h2-11,13-15H,12,32H2,1H3. The number of alkyl halides is 3. The van der Waals surface area contributed by atoms with E-state index >= 15 is 0 Å². The number of nitrogens with zero attached hydrogens (tertiary/aromatic N) is 2. The van der Waals surface area contributed by atoms with Crippen LogP contribution in [0.2, 0.25) is 0 Å². The molecule has 9 heteroatoms. The Hall–Kier alpha value is -4.08. The van der Waals surface area contributed by atoms with Crippen LogP contribution in [0.1, 0.15) is 11.1 Å². The summed E-state index contributed by atoms with van der Waals surface area (Å²) in [5.41, 5.74) is 12.4. The number of fused-ring (bicyclic) bond motifs is 1. The highest BCUT2D eigenvalue weighted by atomic mass is 32.1. The zero-order valence-electron chi connectivity index (χ0n) is 19.5. The molecule has 0 saturated carbocycles. The second-order valence-corrected chi connectivity index (χ2v) is 9.12. The van der Waals surface area contributed by atoms with Gasteiger partial charge in [0.05, 0.1) is 16.6 Å². The maximum atomic E-state index is 13.1. The number of ether oxygens (including phenoxy) is 1. The molecule has 5 aromatic rings. The monoisotopic (exact) mass is 519 g/mol. The topological polar surface area (TPSA) is 78.1 Å². The van der Waals surface area contributed by atoms with Gasteiger partial charge in [0.2, 0.25) is 5.88 Å². The quantitative estimate of drug-likeness (QED) is 0.255. The molecule has 3 aromatic heterocycles. The summed E-state index contributed by atoms with van der Waals surface area (Å²) >= 11 is 1.49.